The molecule has 0 saturated heterocycles. The Morgan fingerprint density at radius 2 is 1.71 bits per heavy atom. The van der Waals surface area contributed by atoms with Crippen molar-refractivity contribution in [2.24, 2.45) is 0 Å². The number of nitrogens with one attached hydrogen (secondary N) is 3. The molecule has 2 aromatic heterocycles. The van der Waals surface area contributed by atoms with Crippen LogP contribution in [0.5, 0.6) is 0 Å². The number of aryl methyl sites for hydroxylation is 4. The zero-order chi connectivity index (χ0) is 19.8. The summed E-state index contributed by atoms with van der Waals surface area (Å²) >= 11 is 0. The van der Waals surface area contributed by atoms with Gasteiger partial charge in [0.1, 0.15) is 5.82 Å². The van der Waals surface area contributed by atoms with E-state index in [1.807, 2.05) is 19.1 Å². The van der Waals surface area contributed by atoms with Gasteiger partial charge in [0.15, 0.2) is 5.58 Å². The first-order valence-electron chi connectivity index (χ1n) is 8.97. The van der Waals surface area contributed by atoms with Crippen molar-refractivity contribution in [3.63, 3.8) is 0 Å². The minimum Gasteiger partial charge on any atom is -0.408 e. The lowest BCUT2D eigenvalue weighted by Gasteiger charge is -2.14. The molecule has 4 rings (SSSR count). The van der Waals surface area contributed by atoms with Crippen molar-refractivity contribution in [2.45, 2.75) is 27.7 Å². The number of aromatic nitrogens is 3. The van der Waals surface area contributed by atoms with Crippen LogP contribution < -0.4 is 16.4 Å². The molecule has 0 amide bonds. The molecule has 7 nitrogen and oxygen atoms in total. The molecule has 0 fully saturated rings. The predicted molar refractivity (Wildman–Crippen MR) is 111 cm³/mol. The fraction of sp³-hybridized carbons (Fsp3) is 0.190. The lowest BCUT2D eigenvalue weighted by Crippen LogP contribution is -2.04. The smallest absolute Gasteiger partial charge is 0.408 e. The topological polar surface area (TPSA) is 95.8 Å². The normalized spacial score (nSPS) is 11.0. The second-order valence-electron chi connectivity index (χ2n) is 6.97. The Hall–Kier alpha value is -3.61. The average Bonchev–Trinajstić information content (AvgIpc) is 3.00. The number of fused-ring (bicyclic) bond motifs is 1. The maximum atomic E-state index is 11.3. The van der Waals surface area contributed by atoms with Gasteiger partial charge in [-0.2, -0.15) is 4.98 Å². The molecule has 0 bridgehead atoms. The molecule has 0 atom stereocenters. The summed E-state index contributed by atoms with van der Waals surface area (Å²) in [4.78, 5) is 23.0. The highest BCUT2D eigenvalue weighted by Crippen LogP contribution is 2.26. The van der Waals surface area contributed by atoms with Gasteiger partial charge >= 0.3 is 5.76 Å². The summed E-state index contributed by atoms with van der Waals surface area (Å²) < 4.78 is 5.04. The Labute approximate surface area is 161 Å². The van der Waals surface area contributed by atoms with Gasteiger partial charge in [-0.3, -0.25) is 4.98 Å². The fourth-order valence-electron chi connectivity index (χ4n) is 3.28. The van der Waals surface area contributed by atoms with Crippen LogP contribution in [0.4, 0.5) is 23.1 Å². The van der Waals surface area contributed by atoms with E-state index in [2.05, 4.69) is 58.5 Å². The quantitative estimate of drug-likeness (QED) is 0.481. The number of oxazole rings is 1. The van der Waals surface area contributed by atoms with Gasteiger partial charge in [0.2, 0.25) is 5.95 Å². The zero-order valence-corrected chi connectivity index (χ0v) is 16.2. The summed E-state index contributed by atoms with van der Waals surface area (Å²) in [5.41, 5.74) is 7.37. The first-order chi connectivity index (χ1) is 13.4. The van der Waals surface area contributed by atoms with Crippen LogP contribution in [0.25, 0.3) is 11.1 Å². The van der Waals surface area contributed by atoms with E-state index in [1.54, 1.807) is 12.3 Å². The van der Waals surface area contributed by atoms with E-state index in [-0.39, 0.29) is 0 Å². The Morgan fingerprint density at radius 1 is 0.964 bits per heavy atom. The average molecular weight is 375 g/mol. The number of aromatic amines is 1. The van der Waals surface area contributed by atoms with E-state index in [9.17, 15) is 4.79 Å². The Balaban J connectivity index is 1.64. The van der Waals surface area contributed by atoms with Crippen molar-refractivity contribution in [3.8, 4) is 0 Å². The highest BCUT2D eigenvalue weighted by Gasteiger charge is 2.10. The number of rotatable bonds is 4. The van der Waals surface area contributed by atoms with Gasteiger partial charge in [0.05, 0.1) is 5.52 Å². The number of anilines is 4. The van der Waals surface area contributed by atoms with Crippen molar-refractivity contribution < 1.29 is 4.42 Å². The van der Waals surface area contributed by atoms with E-state index in [0.29, 0.717) is 22.9 Å². The lowest BCUT2D eigenvalue weighted by atomic mass is 10.1. The third kappa shape index (κ3) is 3.46. The van der Waals surface area contributed by atoms with E-state index >= 15 is 0 Å². The number of H-pyrrole nitrogens is 1. The molecule has 0 aliphatic rings. The molecule has 3 N–H and O–H groups in total. The van der Waals surface area contributed by atoms with Crippen LogP contribution in [0.3, 0.4) is 0 Å². The van der Waals surface area contributed by atoms with Crippen LogP contribution in [0.1, 0.15) is 22.3 Å². The van der Waals surface area contributed by atoms with Crippen LogP contribution in [0.2, 0.25) is 0 Å². The van der Waals surface area contributed by atoms with Crippen LogP contribution in [0.15, 0.2) is 45.7 Å². The molecule has 2 heterocycles. The second kappa shape index (κ2) is 6.84. The molecule has 0 unspecified atom stereocenters. The summed E-state index contributed by atoms with van der Waals surface area (Å²) in [5.74, 6) is 0.728. The minimum atomic E-state index is -0.472. The molecule has 7 heteroatoms. The van der Waals surface area contributed by atoms with Gasteiger partial charge in [0, 0.05) is 23.1 Å². The zero-order valence-electron chi connectivity index (χ0n) is 16.2. The molecule has 28 heavy (non-hydrogen) atoms. The summed E-state index contributed by atoms with van der Waals surface area (Å²) in [6.45, 7) is 8.15. The van der Waals surface area contributed by atoms with Crippen LogP contribution >= 0.6 is 0 Å². The summed E-state index contributed by atoms with van der Waals surface area (Å²) in [7, 11) is 0. The maximum Gasteiger partial charge on any atom is 0.417 e. The van der Waals surface area contributed by atoms with Crippen molar-refractivity contribution >= 4 is 34.2 Å². The van der Waals surface area contributed by atoms with Gasteiger partial charge in [0.25, 0.3) is 0 Å². The van der Waals surface area contributed by atoms with E-state index in [0.717, 1.165) is 28.1 Å². The van der Waals surface area contributed by atoms with Crippen molar-refractivity contribution in [2.75, 3.05) is 10.6 Å². The Bertz CT molecular complexity index is 1220. The highest BCUT2D eigenvalue weighted by molar-refractivity contribution is 5.78. The second-order valence-corrected chi connectivity index (χ2v) is 6.97. The van der Waals surface area contributed by atoms with Gasteiger partial charge in [-0.05, 0) is 57.0 Å². The van der Waals surface area contributed by atoms with Gasteiger partial charge in [-0.15, -0.1) is 0 Å². The fourth-order valence-corrected chi connectivity index (χ4v) is 3.28. The third-order valence-corrected chi connectivity index (χ3v) is 4.57. The molecule has 2 aromatic carbocycles. The van der Waals surface area contributed by atoms with Gasteiger partial charge in [-0.25, -0.2) is 9.78 Å². The van der Waals surface area contributed by atoms with E-state index in [4.69, 9.17) is 4.42 Å². The number of hydrogen-bond acceptors (Lipinski definition) is 6. The Kier molecular flexibility index (Phi) is 4.35. The molecular formula is C21H21N5O2. The first kappa shape index (κ1) is 17.8. The summed E-state index contributed by atoms with van der Waals surface area (Å²) in [5, 5.41) is 6.61. The molecule has 0 radical (unpaired) electrons. The molecule has 0 aliphatic heterocycles. The van der Waals surface area contributed by atoms with E-state index in [1.165, 1.54) is 5.56 Å². The molecule has 0 aliphatic carbocycles. The molecule has 142 valence electrons. The van der Waals surface area contributed by atoms with Crippen LogP contribution in [0, 0.1) is 27.7 Å². The van der Waals surface area contributed by atoms with Crippen molar-refractivity contribution in [1.82, 2.24) is 15.0 Å². The summed E-state index contributed by atoms with van der Waals surface area (Å²) in [6.07, 6.45) is 1.77. The molecule has 0 saturated carbocycles. The minimum absolute atomic E-state index is 0.472. The van der Waals surface area contributed by atoms with Crippen molar-refractivity contribution in [1.29, 1.82) is 0 Å². The van der Waals surface area contributed by atoms with Gasteiger partial charge in [-0.1, -0.05) is 17.7 Å². The number of nitrogens with zero attached hydrogens (tertiary/aromatic N) is 2. The van der Waals surface area contributed by atoms with Crippen LogP contribution in [-0.2, 0) is 0 Å². The molecule has 0 spiro atoms. The maximum absolute atomic E-state index is 11.3. The van der Waals surface area contributed by atoms with E-state index < -0.39 is 5.76 Å². The monoisotopic (exact) mass is 375 g/mol. The molecule has 4 aromatic rings. The third-order valence-electron chi connectivity index (χ3n) is 4.57. The standard InChI is InChI=1S/C21H21N5O2/c1-11-7-12(2)18(13(3)8-11)25-20-22-10-14(4)19(26-20)23-15-5-6-17-16(9-15)24-21(27)28-17/h5-10H,1-4H3,(H,24,27)(H2,22,23,25,26). The van der Waals surface area contributed by atoms with Gasteiger partial charge < -0.3 is 15.1 Å². The predicted octanol–water partition coefficient (Wildman–Crippen LogP) is 4.63. The number of benzene rings is 2. The molecular weight excluding hydrogens is 354 g/mol. The largest absolute Gasteiger partial charge is 0.417 e. The Morgan fingerprint density at radius 3 is 2.46 bits per heavy atom. The van der Waals surface area contributed by atoms with Crippen molar-refractivity contribution in [3.05, 3.63) is 69.3 Å². The number of hydrogen-bond donors (Lipinski definition) is 3. The lowest BCUT2D eigenvalue weighted by molar-refractivity contribution is 0.555. The highest BCUT2D eigenvalue weighted by atomic mass is 16.4. The van der Waals surface area contributed by atoms with Crippen LogP contribution in [-0.4, -0.2) is 15.0 Å². The summed E-state index contributed by atoms with van der Waals surface area (Å²) in [6, 6.07) is 9.64. The first-order valence-corrected chi connectivity index (χ1v) is 8.97. The SMILES string of the molecule is Cc1cc(C)c(Nc2ncc(C)c(Nc3ccc4oc(=O)[nH]c4c3)n2)c(C)c1.